The molecule has 0 unspecified atom stereocenters. The molecule has 1 amide bonds. The van der Waals surface area contributed by atoms with Crippen molar-refractivity contribution in [2.75, 3.05) is 13.6 Å². The maximum absolute atomic E-state index is 11.2. The largest absolute Gasteiger partial charge is 0.361 e. The summed E-state index contributed by atoms with van der Waals surface area (Å²) in [4.78, 5) is 14.5. The number of benzene rings is 2. The van der Waals surface area contributed by atoms with Crippen LogP contribution in [0.15, 0.2) is 60.8 Å². The van der Waals surface area contributed by atoms with E-state index in [1.165, 1.54) is 28.1 Å². The first-order chi connectivity index (χ1) is 12.3. The summed E-state index contributed by atoms with van der Waals surface area (Å²) in [5.41, 5.74) is 4.79. The fraction of sp³-hybridized carbons (Fsp3) is 0.190. The molecule has 3 N–H and O–H groups in total. The molecule has 0 spiro atoms. The van der Waals surface area contributed by atoms with Crippen molar-refractivity contribution < 1.29 is 4.79 Å². The molecular weight excluding hydrogens is 310 g/mol. The van der Waals surface area contributed by atoms with Gasteiger partial charge in [0.2, 0.25) is 5.91 Å². The van der Waals surface area contributed by atoms with E-state index >= 15 is 0 Å². The SMILES string of the molecule is CNC(=O)/C=C/c1ccc(CNCCc2c[nH]c3ccccc23)cc1. The number of aromatic nitrogens is 1. The Kier molecular flexibility index (Phi) is 5.65. The van der Waals surface area contributed by atoms with Gasteiger partial charge in [-0.1, -0.05) is 42.5 Å². The minimum Gasteiger partial charge on any atom is -0.361 e. The minimum absolute atomic E-state index is 0.0944. The van der Waals surface area contributed by atoms with Crippen LogP contribution in [0, 0.1) is 0 Å². The zero-order chi connectivity index (χ0) is 17.5. The van der Waals surface area contributed by atoms with Gasteiger partial charge >= 0.3 is 0 Å². The standard InChI is InChI=1S/C21H23N3O/c1-22-21(25)11-10-16-6-8-17(9-7-16)14-23-13-12-18-15-24-20-5-3-2-4-19(18)20/h2-11,15,23-24H,12-14H2,1H3,(H,22,25)/b11-10+. The van der Waals surface area contributed by atoms with E-state index in [1.54, 1.807) is 7.05 Å². The number of fused-ring (bicyclic) bond motifs is 1. The number of H-pyrrole nitrogens is 1. The van der Waals surface area contributed by atoms with Gasteiger partial charge in [-0.3, -0.25) is 4.79 Å². The van der Waals surface area contributed by atoms with Crippen molar-refractivity contribution in [3.63, 3.8) is 0 Å². The van der Waals surface area contributed by atoms with Crippen LogP contribution in [0.3, 0.4) is 0 Å². The van der Waals surface area contributed by atoms with Gasteiger partial charge in [-0.05, 0) is 41.8 Å². The van der Waals surface area contributed by atoms with Crippen LogP contribution in [-0.2, 0) is 17.8 Å². The Balaban J connectivity index is 1.47. The van der Waals surface area contributed by atoms with Crippen molar-refractivity contribution in [2.45, 2.75) is 13.0 Å². The second-order valence-corrected chi connectivity index (χ2v) is 5.98. The van der Waals surface area contributed by atoms with Crippen molar-refractivity contribution >= 4 is 22.9 Å². The Bertz CT molecular complexity index is 862. The van der Waals surface area contributed by atoms with Crippen molar-refractivity contribution in [3.8, 4) is 0 Å². The number of carbonyl (C=O) groups excluding carboxylic acids is 1. The first-order valence-corrected chi connectivity index (χ1v) is 8.51. The topological polar surface area (TPSA) is 56.9 Å². The molecule has 0 bridgehead atoms. The Labute approximate surface area is 148 Å². The molecule has 0 saturated carbocycles. The lowest BCUT2D eigenvalue weighted by Crippen LogP contribution is -2.16. The molecule has 0 aliphatic carbocycles. The molecule has 3 aromatic rings. The zero-order valence-corrected chi connectivity index (χ0v) is 14.4. The van der Waals surface area contributed by atoms with Crippen LogP contribution < -0.4 is 10.6 Å². The van der Waals surface area contributed by atoms with Gasteiger partial charge < -0.3 is 15.6 Å². The highest BCUT2D eigenvalue weighted by Crippen LogP contribution is 2.17. The van der Waals surface area contributed by atoms with Crippen LogP contribution >= 0.6 is 0 Å². The summed E-state index contributed by atoms with van der Waals surface area (Å²) in [7, 11) is 1.62. The second kappa shape index (κ2) is 8.31. The first kappa shape index (κ1) is 17.0. The summed E-state index contributed by atoms with van der Waals surface area (Å²) in [6.45, 7) is 1.77. The van der Waals surface area contributed by atoms with Gasteiger partial charge in [-0.25, -0.2) is 0 Å². The molecule has 0 atom stereocenters. The predicted octanol–water partition coefficient (Wildman–Crippen LogP) is 3.26. The third-order valence-electron chi connectivity index (χ3n) is 4.23. The van der Waals surface area contributed by atoms with Crippen LogP contribution in [0.2, 0.25) is 0 Å². The highest BCUT2D eigenvalue weighted by molar-refractivity contribution is 5.91. The van der Waals surface area contributed by atoms with E-state index in [0.29, 0.717) is 0 Å². The van der Waals surface area contributed by atoms with E-state index < -0.39 is 0 Å². The summed E-state index contributed by atoms with van der Waals surface area (Å²) in [6, 6.07) is 16.6. The highest BCUT2D eigenvalue weighted by atomic mass is 16.1. The highest BCUT2D eigenvalue weighted by Gasteiger charge is 2.02. The van der Waals surface area contributed by atoms with Gasteiger partial charge in [0.25, 0.3) is 0 Å². The van der Waals surface area contributed by atoms with E-state index in [-0.39, 0.29) is 5.91 Å². The van der Waals surface area contributed by atoms with Crippen LogP contribution in [0.1, 0.15) is 16.7 Å². The van der Waals surface area contributed by atoms with Gasteiger partial charge in [0.15, 0.2) is 0 Å². The van der Waals surface area contributed by atoms with Crippen LogP contribution in [0.25, 0.3) is 17.0 Å². The molecule has 0 aliphatic rings. The molecule has 25 heavy (non-hydrogen) atoms. The van der Waals surface area contributed by atoms with Gasteiger partial charge in [-0.2, -0.15) is 0 Å². The van der Waals surface area contributed by atoms with Crippen LogP contribution in [0.5, 0.6) is 0 Å². The number of hydrogen-bond donors (Lipinski definition) is 3. The van der Waals surface area contributed by atoms with Crippen molar-refractivity contribution in [1.82, 2.24) is 15.6 Å². The molecule has 3 rings (SSSR count). The maximum atomic E-state index is 11.2. The first-order valence-electron chi connectivity index (χ1n) is 8.51. The normalized spacial score (nSPS) is 11.2. The zero-order valence-electron chi connectivity index (χ0n) is 14.4. The number of para-hydroxylation sites is 1. The fourth-order valence-corrected chi connectivity index (χ4v) is 2.80. The molecular formula is C21H23N3O. The molecule has 128 valence electrons. The monoisotopic (exact) mass is 333 g/mol. The third-order valence-corrected chi connectivity index (χ3v) is 4.23. The third kappa shape index (κ3) is 4.58. The average Bonchev–Trinajstić information content (AvgIpc) is 3.07. The lowest BCUT2D eigenvalue weighted by molar-refractivity contribution is -0.115. The molecule has 0 aliphatic heterocycles. The van der Waals surface area contributed by atoms with E-state index in [1.807, 2.05) is 24.3 Å². The lowest BCUT2D eigenvalue weighted by atomic mass is 10.1. The summed E-state index contributed by atoms with van der Waals surface area (Å²) >= 11 is 0. The summed E-state index contributed by atoms with van der Waals surface area (Å²) in [5.74, 6) is -0.0944. The Morgan fingerprint density at radius 3 is 2.72 bits per heavy atom. The van der Waals surface area contributed by atoms with E-state index in [2.05, 4.69) is 52.1 Å². The summed E-state index contributed by atoms with van der Waals surface area (Å²) < 4.78 is 0. The number of carbonyl (C=O) groups is 1. The number of rotatable bonds is 7. The Morgan fingerprint density at radius 1 is 1.12 bits per heavy atom. The summed E-state index contributed by atoms with van der Waals surface area (Å²) in [5, 5.41) is 7.36. The smallest absolute Gasteiger partial charge is 0.243 e. The predicted molar refractivity (Wildman–Crippen MR) is 103 cm³/mol. The number of amides is 1. The molecule has 4 nitrogen and oxygen atoms in total. The van der Waals surface area contributed by atoms with E-state index in [0.717, 1.165) is 25.1 Å². The van der Waals surface area contributed by atoms with Crippen LogP contribution in [0.4, 0.5) is 0 Å². The van der Waals surface area contributed by atoms with Crippen molar-refractivity contribution in [1.29, 1.82) is 0 Å². The maximum Gasteiger partial charge on any atom is 0.243 e. The number of hydrogen-bond acceptors (Lipinski definition) is 2. The molecule has 1 aromatic heterocycles. The molecule has 1 heterocycles. The van der Waals surface area contributed by atoms with Crippen LogP contribution in [-0.4, -0.2) is 24.5 Å². The van der Waals surface area contributed by atoms with E-state index in [4.69, 9.17) is 0 Å². The molecule has 0 saturated heterocycles. The minimum atomic E-state index is -0.0944. The van der Waals surface area contributed by atoms with Gasteiger partial charge in [-0.15, -0.1) is 0 Å². The lowest BCUT2D eigenvalue weighted by Gasteiger charge is -2.05. The number of likely N-dealkylation sites (N-methyl/N-ethyl adjacent to an activating group) is 1. The van der Waals surface area contributed by atoms with Gasteiger partial charge in [0.1, 0.15) is 0 Å². The number of aromatic amines is 1. The molecule has 4 heteroatoms. The molecule has 2 aromatic carbocycles. The Hall–Kier alpha value is -2.85. The summed E-state index contributed by atoms with van der Waals surface area (Å²) in [6.07, 6.45) is 6.44. The van der Waals surface area contributed by atoms with Crippen molar-refractivity contribution in [3.05, 3.63) is 77.5 Å². The molecule has 0 radical (unpaired) electrons. The molecule has 0 fully saturated rings. The van der Waals surface area contributed by atoms with Gasteiger partial charge in [0.05, 0.1) is 0 Å². The average molecular weight is 333 g/mol. The Morgan fingerprint density at radius 2 is 1.92 bits per heavy atom. The van der Waals surface area contributed by atoms with Crippen molar-refractivity contribution in [2.24, 2.45) is 0 Å². The fourth-order valence-electron chi connectivity index (χ4n) is 2.80. The van der Waals surface area contributed by atoms with Gasteiger partial charge in [0, 0.05) is 36.8 Å². The van der Waals surface area contributed by atoms with E-state index in [9.17, 15) is 4.79 Å². The quantitative estimate of drug-likeness (QED) is 0.459. The number of nitrogens with one attached hydrogen (secondary N) is 3. The second-order valence-electron chi connectivity index (χ2n) is 5.98.